The van der Waals surface area contributed by atoms with E-state index in [0.29, 0.717) is 28.1 Å². The minimum atomic E-state index is 0.228. The molecular weight excluding hydrogens is 304 g/mol. The Balaban J connectivity index is 1.89. The molecule has 0 spiro atoms. The molecule has 0 aromatic carbocycles. The van der Waals surface area contributed by atoms with Crippen molar-refractivity contribution in [3.8, 4) is 22.8 Å². The fourth-order valence-corrected chi connectivity index (χ4v) is 2.30. The molecule has 2 N–H and O–H groups in total. The first kappa shape index (κ1) is 12.8. The first-order chi connectivity index (χ1) is 10.7. The van der Waals surface area contributed by atoms with E-state index in [1.54, 1.807) is 36.7 Å². The lowest BCUT2D eigenvalue weighted by Crippen LogP contribution is -2.05. The lowest BCUT2D eigenvalue weighted by molar-refractivity contribution is 0.579. The van der Waals surface area contributed by atoms with E-state index in [9.17, 15) is 0 Å². The summed E-state index contributed by atoms with van der Waals surface area (Å²) in [5, 5.41) is 4.71. The topological polar surface area (TPSA) is 95.1 Å². The maximum absolute atomic E-state index is 5.97. The molecule has 4 rings (SSSR count). The largest absolute Gasteiger partial charge is 0.463 e. The van der Waals surface area contributed by atoms with Crippen molar-refractivity contribution in [3.63, 3.8) is 0 Å². The van der Waals surface area contributed by atoms with E-state index in [-0.39, 0.29) is 5.95 Å². The summed E-state index contributed by atoms with van der Waals surface area (Å²) in [6.45, 7) is 0. The third-order valence-corrected chi connectivity index (χ3v) is 3.31. The molecule has 0 saturated carbocycles. The molecule has 0 unspecified atom stereocenters. The summed E-state index contributed by atoms with van der Waals surface area (Å²) in [7, 11) is 0. The van der Waals surface area contributed by atoms with Crippen LogP contribution in [0.2, 0.25) is 5.15 Å². The number of fused-ring (bicyclic) bond motifs is 1. The number of nitrogen functional groups attached to an aromatic ring is 1. The van der Waals surface area contributed by atoms with Gasteiger partial charge in [-0.1, -0.05) is 11.6 Å². The van der Waals surface area contributed by atoms with Gasteiger partial charge < -0.3 is 10.2 Å². The predicted octanol–water partition coefficient (Wildman–Crippen LogP) is 2.68. The van der Waals surface area contributed by atoms with Crippen LogP contribution in [0.3, 0.4) is 0 Å². The monoisotopic (exact) mass is 312 g/mol. The van der Waals surface area contributed by atoms with Crippen molar-refractivity contribution in [3.05, 3.63) is 47.9 Å². The van der Waals surface area contributed by atoms with Gasteiger partial charge in [-0.15, -0.1) is 0 Å². The lowest BCUT2D eigenvalue weighted by atomic mass is 10.2. The smallest absolute Gasteiger partial charge is 0.225 e. The van der Waals surface area contributed by atoms with E-state index in [1.165, 1.54) is 4.52 Å². The zero-order valence-corrected chi connectivity index (χ0v) is 11.9. The van der Waals surface area contributed by atoms with E-state index in [0.717, 1.165) is 5.56 Å². The molecule has 0 aliphatic carbocycles. The number of hydrogen-bond donors (Lipinski definition) is 1. The van der Waals surface area contributed by atoms with Crippen LogP contribution in [0, 0.1) is 0 Å². The summed E-state index contributed by atoms with van der Waals surface area (Å²) in [5.41, 5.74) is 7.91. The maximum atomic E-state index is 5.97. The number of nitrogens with zero attached hydrogens (tertiary/aromatic N) is 5. The summed E-state index contributed by atoms with van der Waals surface area (Å²) in [6, 6.07) is 8.83. The van der Waals surface area contributed by atoms with Gasteiger partial charge in [-0.3, -0.25) is 0 Å². The number of rotatable bonds is 2. The Bertz CT molecular complexity index is 963. The summed E-state index contributed by atoms with van der Waals surface area (Å²) in [5.74, 6) is 1.32. The van der Waals surface area contributed by atoms with Crippen LogP contribution in [0.5, 0.6) is 0 Å². The van der Waals surface area contributed by atoms with Gasteiger partial charge in [-0.2, -0.15) is 14.6 Å². The highest BCUT2D eigenvalue weighted by Gasteiger charge is 2.13. The molecule has 22 heavy (non-hydrogen) atoms. The van der Waals surface area contributed by atoms with Crippen molar-refractivity contribution in [1.82, 2.24) is 24.6 Å². The van der Waals surface area contributed by atoms with Gasteiger partial charge in [0.15, 0.2) is 17.2 Å². The maximum Gasteiger partial charge on any atom is 0.225 e. The number of nitrogens with two attached hydrogens (primary N) is 1. The Hall–Kier alpha value is -2.93. The van der Waals surface area contributed by atoms with E-state index in [2.05, 4.69) is 20.1 Å². The molecule has 0 aliphatic rings. The van der Waals surface area contributed by atoms with Crippen LogP contribution in [0.4, 0.5) is 5.95 Å². The molecule has 0 fully saturated rings. The second kappa shape index (κ2) is 4.81. The molecule has 8 heteroatoms. The quantitative estimate of drug-likeness (QED) is 0.572. The van der Waals surface area contributed by atoms with Crippen molar-refractivity contribution in [2.24, 2.45) is 0 Å². The molecule has 0 atom stereocenters. The molecule has 4 heterocycles. The van der Waals surface area contributed by atoms with Gasteiger partial charge in [-0.05, 0) is 24.3 Å². The highest BCUT2D eigenvalue weighted by atomic mass is 35.5. The van der Waals surface area contributed by atoms with Gasteiger partial charge in [0.2, 0.25) is 5.95 Å². The van der Waals surface area contributed by atoms with Crippen LogP contribution in [0.1, 0.15) is 0 Å². The van der Waals surface area contributed by atoms with Gasteiger partial charge in [0.25, 0.3) is 0 Å². The SMILES string of the molecule is Nc1nc(-c2ccnc(Cl)c2)nc2cc(-c3ccco3)nn12. The molecule has 0 saturated heterocycles. The third-order valence-electron chi connectivity index (χ3n) is 3.11. The normalized spacial score (nSPS) is 11.1. The number of halogens is 1. The first-order valence-electron chi connectivity index (χ1n) is 6.40. The van der Waals surface area contributed by atoms with Crippen molar-refractivity contribution >= 4 is 23.2 Å². The average Bonchev–Trinajstić information content (AvgIpc) is 3.16. The van der Waals surface area contributed by atoms with Gasteiger partial charge in [0, 0.05) is 17.8 Å². The summed E-state index contributed by atoms with van der Waals surface area (Å²) >= 11 is 5.90. The van der Waals surface area contributed by atoms with Crippen molar-refractivity contribution < 1.29 is 4.42 Å². The Morgan fingerprint density at radius 3 is 2.86 bits per heavy atom. The highest BCUT2D eigenvalue weighted by Crippen LogP contribution is 2.23. The fourth-order valence-electron chi connectivity index (χ4n) is 2.12. The summed E-state index contributed by atoms with van der Waals surface area (Å²) in [4.78, 5) is 12.7. The van der Waals surface area contributed by atoms with Crippen molar-refractivity contribution in [2.45, 2.75) is 0 Å². The van der Waals surface area contributed by atoms with Gasteiger partial charge >= 0.3 is 0 Å². The van der Waals surface area contributed by atoms with Gasteiger partial charge in [0.1, 0.15) is 10.8 Å². The minimum Gasteiger partial charge on any atom is -0.463 e. The summed E-state index contributed by atoms with van der Waals surface area (Å²) in [6.07, 6.45) is 3.17. The van der Waals surface area contributed by atoms with Gasteiger partial charge in [-0.25, -0.2) is 9.97 Å². The first-order valence-corrected chi connectivity index (χ1v) is 6.77. The Labute approximate surface area is 129 Å². The molecule has 0 amide bonds. The third kappa shape index (κ3) is 2.08. The average molecular weight is 313 g/mol. The minimum absolute atomic E-state index is 0.228. The van der Waals surface area contributed by atoms with Crippen LogP contribution in [0.15, 0.2) is 47.2 Å². The Morgan fingerprint density at radius 2 is 2.09 bits per heavy atom. The molecular formula is C14H9ClN6O. The number of hydrogen-bond acceptors (Lipinski definition) is 6. The molecule has 4 aromatic rings. The zero-order chi connectivity index (χ0) is 15.1. The van der Waals surface area contributed by atoms with Crippen LogP contribution in [-0.4, -0.2) is 24.6 Å². The molecule has 0 radical (unpaired) electrons. The fraction of sp³-hybridized carbons (Fsp3) is 0. The predicted molar refractivity (Wildman–Crippen MR) is 81.1 cm³/mol. The van der Waals surface area contributed by atoms with E-state index >= 15 is 0 Å². The molecule has 0 bridgehead atoms. The number of furan rings is 1. The highest BCUT2D eigenvalue weighted by molar-refractivity contribution is 6.29. The zero-order valence-electron chi connectivity index (χ0n) is 11.1. The van der Waals surface area contributed by atoms with Crippen LogP contribution in [0.25, 0.3) is 28.5 Å². The van der Waals surface area contributed by atoms with E-state index in [4.69, 9.17) is 21.8 Å². The van der Waals surface area contributed by atoms with Crippen molar-refractivity contribution in [2.75, 3.05) is 5.73 Å². The molecule has 0 aliphatic heterocycles. The number of aromatic nitrogens is 5. The molecule has 7 nitrogen and oxygen atoms in total. The van der Waals surface area contributed by atoms with Crippen LogP contribution >= 0.6 is 11.6 Å². The standard InChI is InChI=1S/C14H9ClN6O/c15-11-6-8(3-4-17-11)13-18-12-7-9(10-2-1-5-22-10)20-21(12)14(16)19-13/h1-7H,(H2,16,18,19). The Kier molecular flexibility index (Phi) is 2.80. The molecule has 108 valence electrons. The lowest BCUT2D eigenvalue weighted by Gasteiger charge is -2.03. The van der Waals surface area contributed by atoms with Crippen molar-refractivity contribution in [1.29, 1.82) is 0 Å². The molecule has 4 aromatic heterocycles. The van der Waals surface area contributed by atoms with Crippen LogP contribution < -0.4 is 5.73 Å². The van der Waals surface area contributed by atoms with E-state index in [1.807, 2.05) is 6.07 Å². The Morgan fingerprint density at radius 1 is 1.18 bits per heavy atom. The summed E-state index contributed by atoms with van der Waals surface area (Å²) < 4.78 is 6.79. The number of pyridine rings is 1. The van der Waals surface area contributed by atoms with Crippen LogP contribution in [-0.2, 0) is 0 Å². The van der Waals surface area contributed by atoms with Gasteiger partial charge in [0.05, 0.1) is 6.26 Å². The number of anilines is 1. The second-order valence-corrected chi connectivity index (χ2v) is 4.94. The van der Waals surface area contributed by atoms with E-state index < -0.39 is 0 Å². The second-order valence-electron chi connectivity index (χ2n) is 4.55.